The van der Waals surface area contributed by atoms with Gasteiger partial charge in [0.05, 0.1) is 18.5 Å². The number of thioether (sulfide) groups is 1. The first-order valence-corrected chi connectivity index (χ1v) is 14.3. The van der Waals surface area contributed by atoms with Gasteiger partial charge < -0.3 is 24.6 Å². The molecule has 3 aromatic carbocycles. The van der Waals surface area contributed by atoms with Crippen LogP contribution >= 0.6 is 11.8 Å². The summed E-state index contributed by atoms with van der Waals surface area (Å²) in [5.74, 6) is 2.08. The van der Waals surface area contributed by atoms with Crippen molar-refractivity contribution in [2.75, 3.05) is 32.8 Å². The molecule has 2 aliphatic heterocycles. The van der Waals surface area contributed by atoms with Gasteiger partial charge in [-0.05, 0) is 93.3 Å². The van der Waals surface area contributed by atoms with Crippen LogP contribution in [0.4, 0.5) is 0 Å². The fourth-order valence-corrected chi connectivity index (χ4v) is 6.69. The first-order valence-electron chi connectivity index (χ1n) is 13.4. The maximum Gasteiger partial charge on any atom is 0.127 e. The van der Waals surface area contributed by atoms with Crippen LogP contribution in [-0.4, -0.2) is 48.0 Å². The summed E-state index contributed by atoms with van der Waals surface area (Å²) in [6.07, 6.45) is 6.33. The number of hydrogen-bond donors (Lipinski definition) is 2. The van der Waals surface area contributed by atoms with Crippen LogP contribution in [0, 0.1) is 0 Å². The molecule has 3 aromatic rings. The molecule has 2 atom stereocenters. The molecule has 0 radical (unpaired) electrons. The van der Waals surface area contributed by atoms with Gasteiger partial charge in [-0.3, -0.25) is 0 Å². The zero-order valence-corrected chi connectivity index (χ0v) is 22.4. The number of likely N-dealkylation sites (tertiary alicyclic amines) is 1. The highest BCUT2D eigenvalue weighted by atomic mass is 32.2. The van der Waals surface area contributed by atoms with Crippen LogP contribution in [-0.2, 0) is 5.41 Å². The number of ether oxygens (including phenoxy) is 2. The van der Waals surface area contributed by atoms with Crippen LogP contribution in [0.1, 0.15) is 55.4 Å². The summed E-state index contributed by atoms with van der Waals surface area (Å²) in [6.45, 7) is 7.12. The Morgan fingerprint density at radius 2 is 1.65 bits per heavy atom. The molecule has 5 rings (SSSR count). The minimum absolute atomic E-state index is 0.0583. The second-order valence-corrected chi connectivity index (χ2v) is 11.6. The van der Waals surface area contributed by atoms with Gasteiger partial charge >= 0.3 is 0 Å². The van der Waals surface area contributed by atoms with Crippen molar-refractivity contribution in [3.8, 4) is 23.0 Å². The fourth-order valence-electron chi connectivity index (χ4n) is 5.34. The third-order valence-corrected chi connectivity index (χ3v) is 9.13. The number of aromatic hydroxyl groups is 2. The van der Waals surface area contributed by atoms with Crippen molar-refractivity contribution in [1.29, 1.82) is 0 Å². The van der Waals surface area contributed by atoms with Gasteiger partial charge in [0.1, 0.15) is 23.0 Å². The first-order chi connectivity index (χ1) is 18.0. The molecule has 6 heteroatoms. The molecule has 0 aromatic heterocycles. The van der Waals surface area contributed by atoms with Crippen molar-refractivity contribution in [2.24, 2.45) is 0 Å². The average Bonchev–Trinajstić information content (AvgIpc) is 2.92. The predicted octanol–water partition coefficient (Wildman–Crippen LogP) is 6.93. The van der Waals surface area contributed by atoms with Crippen LogP contribution in [0.25, 0.3) is 0 Å². The van der Waals surface area contributed by atoms with E-state index in [4.69, 9.17) is 9.47 Å². The van der Waals surface area contributed by atoms with E-state index < -0.39 is 0 Å². The van der Waals surface area contributed by atoms with Crippen LogP contribution in [0.5, 0.6) is 23.0 Å². The summed E-state index contributed by atoms with van der Waals surface area (Å²) < 4.78 is 12.2. The van der Waals surface area contributed by atoms with Gasteiger partial charge in [-0.1, -0.05) is 31.5 Å². The second kappa shape index (κ2) is 11.7. The Balaban J connectivity index is 1.25. The maximum absolute atomic E-state index is 10.0. The number of phenolic OH excluding ortho intramolecular Hbond substituents is 2. The molecule has 37 heavy (non-hydrogen) atoms. The molecular weight excluding hydrogens is 482 g/mol. The molecule has 0 saturated carbocycles. The molecule has 1 fully saturated rings. The predicted molar refractivity (Wildman–Crippen MR) is 149 cm³/mol. The van der Waals surface area contributed by atoms with Gasteiger partial charge in [0, 0.05) is 21.9 Å². The van der Waals surface area contributed by atoms with E-state index in [-0.39, 0.29) is 22.2 Å². The van der Waals surface area contributed by atoms with Crippen molar-refractivity contribution in [2.45, 2.75) is 54.6 Å². The van der Waals surface area contributed by atoms with Crippen LogP contribution in [0.2, 0.25) is 0 Å². The third kappa shape index (κ3) is 6.19. The topological polar surface area (TPSA) is 62.2 Å². The van der Waals surface area contributed by atoms with Crippen LogP contribution in [0.15, 0.2) is 71.6 Å². The van der Waals surface area contributed by atoms with Crippen LogP contribution < -0.4 is 9.47 Å². The summed E-state index contributed by atoms with van der Waals surface area (Å²) in [4.78, 5) is 3.73. The van der Waals surface area contributed by atoms with Gasteiger partial charge in [-0.25, -0.2) is 0 Å². The van der Waals surface area contributed by atoms with E-state index in [0.717, 1.165) is 40.5 Å². The first kappa shape index (κ1) is 25.8. The summed E-state index contributed by atoms with van der Waals surface area (Å²) in [7, 11) is 0. The lowest BCUT2D eigenvalue weighted by atomic mass is 9.76. The lowest BCUT2D eigenvalue weighted by Crippen LogP contribution is -2.39. The molecule has 2 heterocycles. The van der Waals surface area contributed by atoms with E-state index in [1.807, 2.05) is 18.2 Å². The second-order valence-electron chi connectivity index (χ2n) is 10.4. The molecule has 2 unspecified atom stereocenters. The van der Waals surface area contributed by atoms with E-state index in [1.165, 1.54) is 45.3 Å². The molecule has 1 saturated heterocycles. The Labute approximate surface area is 224 Å². The highest BCUT2D eigenvalue weighted by Crippen LogP contribution is 2.54. The summed E-state index contributed by atoms with van der Waals surface area (Å²) in [5.41, 5.74) is 1.83. The maximum atomic E-state index is 10.0. The van der Waals surface area contributed by atoms with Crippen molar-refractivity contribution in [3.63, 3.8) is 0 Å². The SMILES string of the molecule is CC1(c2ccc(O)cc2)COc2cc(O)ccc2C1Sc1ccc(OCCCCN2CCCCC2)cc1. The molecule has 2 aliphatic rings. The Hall–Kier alpha value is -2.83. The fraction of sp³-hybridized carbons (Fsp3) is 0.419. The van der Waals surface area contributed by atoms with Gasteiger partial charge in [0.15, 0.2) is 0 Å². The lowest BCUT2D eigenvalue weighted by molar-refractivity contribution is 0.196. The minimum atomic E-state index is -0.328. The summed E-state index contributed by atoms with van der Waals surface area (Å²) >= 11 is 1.79. The number of rotatable bonds is 9. The number of fused-ring (bicyclic) bond motifs is 1. The number of hydrogen-bond acceptors (Lipinski definition) is 6. The standard InChI is InChI=1S/C31H37NO4S/c1-31(23-7-9-24(33)10-8-23)22-36-29-21-25(34)11-16-28(29)30(31)37-27-14-12-26(13-15-27)35-20-6-5-19-32-17-3-2-4-18-32/h7-16,21,30,33-34H,2-6,17-20,22H2,1H3. The minimum Gasteiger partial charge on any atom is -0.508 e. The molecular formula is C31H37NO4S. The van der Waals surface area contributed by atoms with Gasteiger partial charge in [0.2, 0.25) is 0 Å². The van der Waals surface area contributed by atoms with Crippen molar-refractivity contribution in [1.82, 2.24) is 4.90 Å². The van der Waals surface area contributed by atoms with E-state index in [2.05, 4.69) is 36.1 Å². The Bertz CT molecular complexity index is 1160. The largest absolute Gasteiger partial charge is 0.508 e. The zero-order chi connectivity index (χ0) is 25.7. The monoisotopic (exact) mass is 519 g/mol. The molecule has 0 aliphatic carbocycles. The van der Waals surface area contributed by atoms with Crippen molar-refractivity contribution in [3.05, 3.63) is 77.9 Å². The van der Waals surface area contributed by atoms with Gasteiger partial charge in [-0.15, -0.1) is 11.8 Å². The smallest absolute Gasteiger partial charge is 0.127 e. The quantitative estimate of drug-likeness (QED) is 0.299. The molecule has 0 amide bonds. The van der Waals surface area contributed by atoms with E-state index in [9.17, 15) is 10.2 Å². The molecule has 0 spiro atoms. The highest BCUT2D eigenvalue weighted by molar-refractivity contribution is 7.99. The van der Waals surface area contributed by atoms with Crippen LogP contribution in [0.3, 0.4) is 0 Å². The van der Waals surface area contributed by atoms with Crippen molar-refractivity contribution >= 4 is 11.8 Å². The Morgan fingerprint density at radius 3 is 2.41 bits per heavy atom. The zero-order valence-electron chi connectivity index (χ0n) is 21.6. The van der Waals surface area contributed by atoms with Gasteiger partial charge in [-0.2, -0.15) is 0 Å². The normalized spacial score (nSPS) is 21.7. The molecule has 5 nitrogen and oxygen atoms in total. The number of nitrogens with zero attached hydrogens (tertiary/aromatic N) is 1. The number of unbranched alkanes of at least 4 members (excludes halogenated alkanes) is 1. The highest BCUT2D eigenvalue weighted by Gasteiger charge is 2.43. The molecule has 0 bridgehead atoms. The third-order valence-electron chi connectivity index (χ3n) is 7.58. The van der Waals surface area contributed by atoms with E-state index in [0.29, 0.717) is 6.61 Å². The van der Waals surface area contributed by atoms with E-state index in [1.54, 1.807) is 36.0 Å². The lowest BCUT2D eigenvalue weighted by Gasteiger charge is -2.42. The Kier molecular flexibility index (Phi) is 8.16. The molecule has 196 valence electrons. The number of benzene rings is 3. The number of piperidine rings is 1. The van der Waals surface area contributed by atoms with E-state index >= 15 is 0 Å². The summed E-state index contributed by atoms with van der Waals surface area (Å²) in [5, 5.41) is 19.9. The molecule has 2 N–H and O–H groups in total. The Morgan fingerprint density at radius 1 is 0.919 bits per heavy atom. The summed E-state index contributed by atoms with van der Waals surface area (Å²) in [6, 6.07) is 21.1. The number of phenols is 2. The van der Waals surface area contributed by atoms with Gasteiger partial charge in [0.25, 0.3) is 0 Å². The van der Waals surface area contributed by atoms with Crippen molar-refractivity contribution < 1.29 is 19.7 Å². The average molecular weight is 520 g/mol.